The van der Waals surface area contributed by atoms with Crippen molar-refractivity contribution in [3.05, 3.63) is 42.9 Å². The molecular formula is C28H38N6O3Si. The molecule has 9 nitrogen and oxygen atoms in total. The minimum Gasteiger partial charge on any atom is -0.497 e. The van der Waals surface area contributed by atoms with Crippen molar-refractivity contribution in [3.63, 3.8) is 0 Å². The molecule has 5 rings (SSSR count). The first kappa shape index (κ1) is 26.3. The van der Waals surface area contributed by atoms with Crippen LogP contribution in [0, 0.1) is 0 Å². The van der Waals surface area contributed by atoms with Crippen LogP contribution in [0.3, 0.4) is 0 Å². The zero-order chi connectivity index (χ0) is 27.0. The van der Waals surface area contributed by atoms with Crippen molar-refractivity contribution in [2.75, 3.05) is 45.9 Å². The summed E-state index contributed by atoms with van der Waals surface area (Å²) in [5.74, 6) is 1.68. The van der Waals surface area contributed by atoms with Crippen molar-refractivity contribution >= 4 is 41.6 Å². The van der Waals surface area contributed by atoms with Crippen LogP contribution in [0.25, 0.3) is 38.8 Å². The number of anilines is 1. The standard InChI is InChI=1S/C28H38N6O3Si/c1-31(10-11-35-3)28-30-17-20-16-29-27-26(34(20)28)15-25(33(27)19-37-12-13-38(5,6)7)23-18-32(2)24-9-8-21(36-4)14-22(23)24/h8-9,14-18H,10-13,19H2,1-7H3. The lowest BCUT2D eigenvalue weighted by atomic mass is 10.1. The van der Waals surface area contributed by atoms with E-state index in [2.05, 4.69) is 69.5 Å². The Kier molecular flexibility index (Phi) is 7.21. The normalized spacial score (nSPS) is 12.3. The molecule has 0 saturated carbocycles. The van der Waals surface area contributed by atoms with Crippen LogP contribution in [-0.4, -0.2) is 72.6 Å². The molecule has 0 aliphatic rings. The minimum atomic E-state index is -1.21. The number of ether oxygens (including phenoxy) is 3. The average molecular weight is 535 g/mol. The van der Waals surface area contributed by atoms with Crippen molar-refractivity contribution < 1.29 is 14.2 Å². The van der Waals surface area contributed by atoms with Gasteiger partial charge in [0.1, 0.15) is 12.5 Å². The smallest absolute Gasteiger partial charge is 0.210 e. The molecular weight excluding hydrogens is 496 g/mol. The van der Waals surface area contributed by atoms with Gasteiger partial charge in [-0.25, -0.2) is 9.97 Å². The maximum Gasteiger partial charge on any atom is 0.210 e. The lowest BCUT2D eigenvalue weighted by molar-refractivity contribution is 0.0909. The van der Waals surface area contributed by atoms with Crippen LogP contribution >= 0.6 is 0 Å². The van der Waals surface area contributed by atoms with Crippen LogP contribution in [0.2, 0.25) is 25.7 Å². The highest BCUT2D eigenvalue weighted by molar-refractivity contribution is 6.76. The second kappa shape index (κ2) is 10.4. The molecule has 0 amide bonds. The van der Waals surface area contributed by atoms with E-state index in [0.29, 0.717) is 13.3 Å². The second-order valence-electron chi connectivity index (χ2n) is 11.0. The van der Waals surface area contributed by atoms with Crippen molar-refractivity contribution in [1.82, 2.24) is 23.5 Å². The molecule has 0 N–H and O–H groups in total. The number of aromatic nitrogens is 5. The molecule has 202 valence electrons. The molecule has 0 radical (unpaired) electrons. The van der Waals surface area contributed by atoms with Crippen LogP contribution in [-0.2, 0) is 23.3 Å². The lowest BCUT2D eigenvalue weighted by Crippen LogP contribution is -2.24. The lowest BCUT2D eigenvalue weighted by Gasteiger charge is -2.17. The van der Waals surface area contributed by atoms with Gasteiger partial charge in [-0.15, -0.1) is 0 Å². The van der Waals surface area contributed by atoms with E-state index in [1.54, 1.807) is 14.2 Å². The summed E-state index contributed by atoms with van der Waals surface area (Å²) in [6.45, 7) is 9.62. The van der Waals surface area contributed by atoms with Gasteiger partial charge in [0, 0.05) is 65.1 Å². The van der Waals surface area contributed by atoms with Gasteiger partial charge in [0.2, 0.25) is 5.95 Å². The first-order valence-corrected chi connectivity index (χ1v) is 16.7. The minimum absolute atomic E-state index is 0.422. The van der Waals surface area contributed by atoms with Crippen LogP contribution in [0.5, 0.6) is 5.75 Å². The molecule has 0 aliphatic heterocycles. The molecule has 4 heterocycles. The van der Waals surface area contributed by atoms with E-state index in [4.69, 9.17) is 24.2 Å². The fourth-order valence-electron chi connectivity index (χ4n) is 4.83. The van der Waals surface area contributed by atoms with Crippen molar-refractivity contribution in [3.8, 4) is 17.0 Å². The van der Waals surface area contributed by atoms with Crippen LogP contribution < -0.4 is 9.64 Å². The summed E-state index contributed by atoms with van der Waals surface area (Å²) in [5, 5.41) is 1.12. The summed E-state index contributed by atoms with van der Waals surface area (Å²) in [5.41, 5.74) is 6.09. The molecule has 0 aliphatic carbocycles. The number of aryl methyl sites for hydroxylation is 1. The van der Waals surface area contributed by atoms with E-state index in [-0.39, 0.29) is 0 Å². The Morgan fingerprint density at radius 3 is 2.53 bits per heavy atom. The van der Waals surface area contributed by atoms with Gasteiger partial charge < -0.3 is 23.7 Å². The number of benzene rings is 1. The van der Waals surface area contributed by atoms with Crippen LogP contribution in [0.15, 0.2) is 42.9 Å². The van der Waals surface area contributed by atoms with Gasteiger partial charge in [-0.2, -0.15) is 0 Å². The summed E-state index contributed by atoms with van der Waals surface area (Å²) in [7, 11) is 6.32. The molecule has 0 unspecified atom stereocenters. The number of imidazole rings is 1. The molecule has 0 atom stereocenters. The van der Waals surface area contributed by atoms with Gasteiger partial charge in [-0.3, -0.25) is 8.97 Å². The summed E-state index contributed by atoms with van der Waals surface area (Å²) in [4.78, 5) is 11.7. The predicted octanol–water partition coefficient (Wildman–Crippen LogP) is 5.25. The summed E-state index contributed by atoms with van der Waals surface area (Å²) in [6, 6.07) is 9.52. The van der Waals surface area contributed by atoms with Gasteiger partial charge >= 0.3 is 0 Å². The monoisotopic (exact) mass is 534 g/mol. The van der Waals surface area contributed by atoms with Crippen molar-refractivity contribution in [2.24, 2.45) is 7.05 Å². The Balaban J connectivity index is 1.69. The van der Waals surface area contributed by atoms with Crippen molar-refractivity contribution in [1.29, 1.82) is 0 Å². The first-order chi connectivity index (χ1) is 18.2. The third kappa shape index (κ3) is 4.91. The predicted molar refractivity (Wildman–Crippen MR) is 156 cm³/mol. The fourth-order valence-corrected chi connectivity index (χ4v) is 5.59. The highest BCUT2D eigenvalue weighted by Crippen LogP contribution is 2.36. The topological polar surface area (TPSA) is 71.0 Å². The van der Waals surface area contributed by atoms with E-state index in [0.717, 1.165) is 69.7 Å². The SMILES string of the molecule is COCCN(C)c1ncc2cnc3c(cc(-c4cn(C)c5ccc(OC)cc45)n3COCC[Si](C)(C)C)n12. The Hall–Kier alpha value is -3.34. The third-order valence-corrected chi connectivity index (χ3v) is 8.75. The maximum absolute atomic E-state index is 6.29. The number of fused-ring (bicyclic) bond motifs is 4. The van der Waals surface area contributed by atoms with E-state index in [9.17, 15) is 0 Å². The maximum atomic E-state index is 6.29. The van der Waals surface area contributed by atoms with E-state index in [1.165, 1.54) is 0 Å². The van der Waals surface area contributed by atoms with Gasteiger partial charge in [0.15, 0.2) is 5.65 Å². The van der Waals surface area contributed by atoms with Gasteiger partial charge in [0.25, 0.3) is 0 Å². The summed E-state index contributed by atoms with van der Waals surface area (Å²) >= 11 is 0. The number of rotatable bonds is 11. The number of methoxy groups -OCH3 is 2. The Bertz CT molecular complexity index is 1580. The van der Waals surface area contributed by atoms with Gasteiger partial charge in [-0.05, 0) is 30.3 Å². The van der Waals surface area contributed by atoms with Gasteiger partial charge in [0.05, 0.1) is 42.8 Å². The summed E-state index contributed by atoms with van der Waals surface area (Å²) < 4.78 is 23.7. The third-order valence-electron chi connectivity index (χ3n) is 7.04. The quantitative estimate of drug-likeness (QED) is 0.170. The average Bonchev–Trinajstić information content (AvgIpc) is 3.57. The first-order valence-electron chi connectivity index (χ1n) is 13.0. The molecule has 0 saturated heterocycles. The Morgan fingerprint density at radius 1 is 1.00 bits per heavy atom. The molecule has 0 spiro atoms. The fraction of sp³-hybridized carbons (Fsp3) is 0.429. The number of nitrogens with zero attached hydrogens (tertiary/aromatic N) is 6. The zero-order valence-corrected chi connectivity index (χ0v) is 24.5. The molecule has 1 aromatic carbocycles. The highest BCUT2D eigenvalue weighted by atomic mass is 28.3. The molecule has 0 fully saturated rings. The van der Waals surface area contributed by atoms with Crippen LogP contribution in [0.4, 0.5) is 5.95 Å². The zero-order valence-electron chi connectivity index (χ0n) is 23.5. The number of hydrogen-bond donors (Lipinski definition) is 0. The number of likely N-dealkylation sites (N-methyl/N-ethyl adjacent to an activating group) is 1. The molecule has 4 aromatic heterocycles. The number of hydrogen-bond acceptors (Lipinski definition) is 6. The van der Waals surface area contributed by atoms with Crippen LogP contribution in [0.1, 0.15) is 0 Å². The molecule has 5 aromatic rings. The Labute approximate surface area is 224 Å². The largest absolute Gasteiger partial charge is 0.497 e. The molecule has 10 heteroatoms. The van der Waals surface area contributed by atoms with E-state index in [1.807, 2.05) is 25.5 Å². The summed E-state index contributed by atoms with van der Waals surface area (Å²) in [6.07, 6.45) is 5.93. The Morgan fingerprint density at radius 2 is 1.79 bits per heavy atom. The second-order valence-corrected chi connectivity index (χ2v) is 16.7. The molecule has 38 heavy (non-hydrogen) atoms. The van der Waals surface area contributed by atoms with Gasteiger partial charge in [-0.1, -0.05) is 19.6 Å². The highest BCUT2D eigenvalue weighted by Gasteiger charge is 2.21. The van der Waals surface area contributed by atoms with Crippen molar-refractivity contribution in [2.45, 2.75) is 32.4 Å². The van der Waals surface area contributed by atoms with E-state index >= 15 is 0 Å². The molecule has 0 bridgehead atoms. The van der Waals surface area contributed by atoms with E-state index < -0.39 is 8.07 Å².